The van der Waals surface area contributed by atoms with Crippen LogP contribution >= 0.6 is 0 Å². The number of hydrogen-bond acceptors (Lipinski definition) is 5. The normalized spacial score (nSPS) is 20.0. The molecule has 1 unspecified atom stereocenters. The fourth-order valence-electron chi connectivity index (χ4n) is 4.84. The standard InChI is InChI=1S/C24H27BF3N3O2.CH5N/c1-22(2)12-25(33-23(22,3)4)15-7-8-16-17(9-15)30-19-14(11-32)10-29-21(18(16)19)31-20(13-5-6-13)24(26,27)28;1-2/h7-11,13,20,30H,5-6,12H2,1-4H3,(H,29,31);2H2,1H3. The lowest BCUT2D eigenvalue weighted by molar-refractivity contribution is -0.146. The Morgan fingerprint density at radius 1 is 1.26 bits per heavy atom. The van der Waals surface area contributed by atoms with Crippen LogP contribution in [0.1, 0.15) is 50.9 Å². The zero-order valence-electron chi connectivity index (χ0n) is 20.7. The van der Waals surface area contributed by atoms with Crippen LogP contribution in [0.5, 0.6) is 0 Å². The van der Waals surface area contributed by atoms with E-state index >= 15 is 0 Å². The van der Waals surface area contributed by atoms with Gasteiger partial charge in [-0.1, -0.05) is 26.0 Å². The van der Waals surface area contributed by atoms with Crippen molar-refractivity contribution in [1.82, 2.24) is 9.97 Å². The summed E-state index contributed by atoms with van der Waals surface area (Å²) in [5.74, 6) is -0.307. The van der Waals surface area contributed by atoms with Crippen LogP contribution in [-0.2, 0) is 4.65 Å². The van der Waals surface area contributed by atoms with Crippen LogP contribution in [-0.4, -0.2) is 48.0 Å². The van der Waals surface area contributed by atoms with E-state index in [4.69, 9.17) is 4.65 Å². The van der Waals surface area contributed by atoms with E-state index in [1.54, 1.807) is 0 Å². The molecule has 0 spiro atoms. The smallest absolute Gasteiger partial charge is 0.408 e. The highest BCUT2D eigenvalue weighted by molar-refractivity contribution is 6.68. The number of halogens is 3. The molecule has 0 bridgehead atoms. The quantitative estimate of drug-likeness (QED) is 0.351. The second kappa shape index (κ2) is 8.82. The van der Waals surface area contributed by atoms with Gasteiger partial charge in [0.25, 0.3) is 0 Å². The van der Waals surface area contributed by atoms with Crippen molar-refractivity contribution in [3.8, 4) is 0 Å². The molecule has 1 aliphatic heterocycles. The van der Waals surface area contributed by atoms with Gasteiger partial charge in [0.1, 0.15) is 11.9 Å². The van der Waals surface area contributed by atoms with Crippen molar-refractivity contribution in [2.45, 2.75) is 64.7 Å². The molecule has 1 aliphatic carbocycles. The molecule has 2 fully saturated rings. The van der Waals surface area contributed by atoms with Crippen LogP contribution in [0, 0.1) is 11.3 Å². The molecule has 10 heteroatoms. The maximum atomic E-state index is 13.7. The molecule has 0 amide bonds. The number of aldehydes is 1. The van der Waals surface area contributed by atoms with Crippen molar-refractivity contribution < 1.29 is 22.6 Å². The minimum Gasteiger partial charge on any atom is -0.426 e. The van der Waals surface area contributed by atoms with E-state index in [9.17, 15) is 18.0 Å². The van der Waals surface area contributed by atoms with E-state index in [0.717, 1.165) is 22.7 Å². The van der Waals surface area contributed by atoms with Crippen LogP contribution in [0.2, 0.25) is 6.32 Å². The summed E-state index contributed by atoms with van der Waals surface area (Å²) in [6, 6.07) is 4.15. The third-order valence-corrected chi connectivity index (χ3v) is 7.68. The summed E-state index contributed by atoms with van der Waals surface area (Å²) in [6.45, 7) is 8.46. The minimum absolute atomic E-state index is 0.00577. The fraction of sp³-hybridized carbons (Fsp3) is 0.520. The minimum atomic E-state index is -4.38. The number of pyridine rings is 1. The first kappa shape index (κ1) is 25.5. The lowest BCUT2D eigenvalue weighted by atomic mass is 9.54. The van der Waals surface area contributed by atoms with Crippen molar-refractivity contribution in [2.75, 3.05) is 12.4 Å². The number of rotatable bonds is 5. The first-order valence-electron chi connectivity index (χ1n) is 11.9. The number of carbonyl (C=O) groups is 1. The molecule has 0 radical (unpaired) electrons. The van der Waals surface area contributed by atoms with Gasteiger partial charge in [0, 0.05) is 17.1 Å². The highest BCUT2D eigenvalue weighted by Gasteiger charge is 2.50. The zero-order valence-corrected chi connectivity index (χ0v) is 20.7. The Hall–Kier alpha value is -2.59. The average Bonchev–Trinajstić information content (AvgIpc) is 3.50. The maximum absolute atomic E-state index is 13.7. The molecule has 2 aromatic heterocycles. The molecule has 4 N–H and O–H groups in total. The lowest BCUT2D eigenvalue weighted by Gasteiger charge is -2.34. The number of carbonyl (C=O) groups excluding carboxylic acids is 1. The lowest BCUT2D eigenvalue weighted by Crippen LogP contribution is -2.38. The maximum Gasteiger partial charge on any atom is 0.408 e. The summed E-state index contributed by atoms with van der Waals surface area (Å²) in [7, 11) is 1.50. The molecule has 35 heavy (non-hydrogen) atoms. The summed E-state index contributed by atoms with van der Waals surface area (Å²) in [4.78, 5) is 19.1. The molecule has 6 nitrogen and oxygen atoms in total. The van der Waals surface area contributed by atoms with Crippen molar-refractivity contribution >= 4 is 46.3 Å². The van der Waals surface area contributed by atoms with Gasteiger partial charge >= 0.3 is 13.1 Å². The topological polar surface area (TPSA) is 93.0 Å². The Morgan fingerprint density at radius 2 is 1.94 bits per heavy atom. The number of H-pyrrole nitrogens is 1. The number of hydrogen-bond donors (Lipinski definition) is 3. The van der Waals surface area contributed by atoms with Gasteiger partial charge in [0.15, 0.2) is 6.29 Å². The number of nitrogens with zero attached hydrogens (tertiary/aromatic N) is 1. The van der Waals surface area contributed by atoms with Gasteiger partial charge in [0.2, 0.25) is 0 Å². The van der Waals surface area contributed by atoms with Crippen LogP contribution in [0.4, 0.5) is 19.0 Å². The second-order valence-electron chi connectivity index (χ2n) is 10.6. The Bertz CT molecular complexity index is 1230. The van der Waals surface area contributed by atoms with Crippen LogP contribution in [0.15, 0.2) is 24.4 Å². The van der Waals surface area contributed by atoms with Crippen molar-refractivity contribution in [1.29, 1.82) is 0 Å². The van der Waals surface area contributed by atoms with Crippen LogP contribution in [0.25, 0.3) is 21.8 Å². The number of aromatic nitrogens is 2. The molecule has 188 valence electrons. The number of nitrogens with one attached hydrogen (secondary N) is 2. The van der Waals surface area contributed by atoms with Crippen molar-refractivity contribution in [3.05, 3.63) is 30.0 Å². The van der Waals surface area contributed by atoms with Crippen LogP contribution in [0.3, 0.4) is 0 Å². The summed E-state index contributed by atoms with van der Waals surface area (Å²) in [6.07, 6.45) is -0.455. The number of benzene rings is 1. The van der Waals surface area contributed by atoms with Crippen molar-refractivity contribution in [2.24, 2.45) is 17.1 Å². The fourth-order valence-corrected chi connectivity index (χ4v) is 4.84. The summed E-state index contributed by atoms with van der Waals surface area (Å²) in [5, 5.41) is 3.87. The molecule has 3 aromatic rings. The third kappa shape index (κ3) is 4.54. The number of anilines is 1. The molecular formula is C25H32BF3N4O2. The van der Waals surface area contributed by atoms with Crippen LogP contribution < -0.4 is 16.5 Å². The number of fused-ring (bicyclic) bond motifs is 3. The molecule has 1 atom stereocenters. The predicted molar refractivity (Wildman–Crippen MR) is 134 cm³/mol. The second-order valence-corrected chi connectivity index (χ2v) is 10.6. The Labute approximate surface area is 203 Å². The highest BCUT2D eigenvalue weighted by atomic mass is 19.4. The Morgan fingerprint density at radius 3 is 2.49 bits per heavy atom. The highest BCUT2D eigenvalue weighted by Crippen LogP contribution is 2.46. The van der Waals surface area contributed by atoms with Gasteiger partial charge in [-0.25, -0.2) is 4.98 Å². The van der Waals surface area contributed by atoms with E-state index in [2.05, 4.69) is 48.7 Å². The average molecular weight is 488 g/mol. The first-order valence-corrected chi connectivity index (χ1v) is 11.9. The molecule has 3 heterocycles. The van der Waals surface area contributed by atoms with E-state index in [0.29, 0.717) is 35.6 Å². The molecule has 1 aromatic carbocycles. The van der Waals surface area contributed by atoms with Gasteiger partial charge in [0.05, 0.1) is 22.1 Å². The van der Waals surface area contributed by atoms with Gasteiger partial charge in [-0.3, -0.25) is 4.79 Å². The summed E-state index contributed by atoms with van der Waals surface area (Å²) < 4.78 is 47.3. The summed E-state index contributed by atoms with van der Waals surface area (Å²) >= 11 is 0. The van der Waals surface area contributed by atoms with Gasteiger partial charge in [-0.2, -0.15) is 13.2 Å². The van der Waals surface area contributed by atoms with E-state index in [1.807, 2.05) is 18.2 Å². The third-order valence-electron chi connectivity index (χ3n) is 7.68. The van der Waals surface area contributed by atoms with Crippen molar-refractivity contribution in [3.63, 3.8) is 0 Å². The predicted octanol–water partition coefficient (Wildman–Crippen LogP) is 4.89. The van der Waals surface area contributed by atoms with E-state index in [1.165, 1.54) is 13.2 Å². The largest absolute Gasteiger partial charge is 0.426 e. The first-order chi connectivity index (χ1) is 16.4. The van der Waals surface area contributed by atoms with E-state index < -0.39 is 18.1 Å². The molecule has 1 saturated carbocycles. The zero-order chi connectivity index (χ0) is 25.8. The van der Waals surface area contributed by atoms with E-state index in [-0.39, 0.29) is 23.7 Å². The number of alkyl halides is 3. The molecule has 5 rings (SSSR count). The number of aromatic amines is 1. The molecule has 2 aliphatic rings. The molecule has 1 saturated heterocycles. The molecular weight excluding hydrogens is 456 g/mol. The van der Waals surface area contributed by atoms with Gasteiger partial charge in [-0.15, -0.1) is 0 Å². The Balaban J connectivity index is 0.00000141. The summed E-state index contributed by atoms with van der Waals surface area (Å²) in [5.41, 5.74) is 6.74. The Kier molecular flexibility index (Phi) is 6.42. The monoisotopic (exact) mass is 488 g/mol. The van der Waals surface area contributed by atoms with Gasteiger partial charge < -0.3 is 20.7 Å². The SMILES string of the molecule is CC1(C)CB(c2ccc3c(c2)[nH]c2c(C=O)cnc(NC(C4CC4)C(F)(F)F)c23)OC1(C)C.CN. The van der Waals surface area contributed by atoms with Gasteiger partial charge in [-0.05, 0) is 62.9 Å². The number of nitrogens with two attached hydrogens (primary N) is 1.